The Morgan fingerprint density at radius 1 is 1.24 bits per heavy atom. The van der Waals surface area contributed by atoms with Crippen molar-refractivity contribution in [2.45, 2.75) is 42.6 Å². The number of thioether (sulfide) groups is 1. The molecular formula is C23H25BrO4S. The highest BCUT2D eigenvalue weighted by Gasteiger charge is 2.49. The molecule has 0 amide bonds. The van der Waals surface area contributed by atoms with Gasteiger partial charge in [-0.2, -0.15) is 0 Å². The van der Waals surface area contributed by atoms with Crippen LogP contribution in [0.2, 0.25) is 0 Å². The Morgan fingerprint density at radius 2 is 1.97 bits per heavy atom. The first-order valence-electron chi connectivity index (χ1n) is 9.68. The highest BCUT2D eigenvalue weighted by atomic mass is 79.9. The van der Waals surface area contributed by atoms with E-state index in [2.05, 4.69) is 22.0 Å². The first-order chi connectivity index (χ1) is 13.8. The van der Waals surface area contributed by atoms with Gasteiger partial charge in [0.1, 0.15) is 4.75 Å². The van der Waals surface area contributed by atoms with E-state index in [1.165, 1.54) is 18.9 Å². The average Bonchev–Trinajstić information content (AvgIpc) is 3.56. The van der Waals surface area contributed by atoms with Gasteiger partial charge in [0, 0.05) is 9.72 Å². The van der Waals surface area contributed by atoms with Crippen molar-refractivity contribution in [1.29, 1.82) is 0 Å². The molecule has 0 aliphatic heterocycles. The summed E-state index contributed by atoms with van der Waals surface area (Å²) >= 11 is 5.06. The number of benzene rings is 2. The maximum absolute atomic E-state index is 12.1. The number of hydrogen-bond donors (Lipinski definition) is 1. The van der Waals surface area contributed by atoms with Crippen molar-refractivity contribution in [3.63, 3.8) is 0 Å². The predicted molar refractivity (Wildman–Crippen MR) is 119 cm³/mol. The lowest BCUT2D eigenvalue weighted by Crippen LogP contribution is -2.35. The second-order valence-corrected chi connectivity index (χ2v) is 10.1. The van der Waals surface area contributed by atoms with Crippen LogP contribution in [-0.2, 0) is 16.0 Å². The van der Waals surface area contributed by atoms with Crippen LogP contribution in [0, 0.1) is 5.92 Å². The summed E-state index contributed by atoms with van der Waals surface area (Å²) in [6.07, 6.45) is 3.32. The second-order valence-electron chi connectivity index (χ2n) is 7.54. The molecule has 0 aromatic heterocycles. The van der Waals surface area contributed by atoms with E-state index in [1.54, 1.807) is 6.07 Å². The highest BCUT2D eigenvalue weighted by molar-refractivity contribution is 9.10. The molecule has 29 heavy (non-hydrogen) atoms. The van der Waals surface area contributed by atoms with Crippen molar-refractivity contribution in [3.8, 4) is 0 Å². The van der Waals surface area contributed by atoms with E-state index in [-0.39, 0.29) is 17.1 Å². The Morgan fingerprint density at radius 3 is 2.59 bits per heavy atom. The van der Waals surface area contributed by atoms with E-state index in [1.807, 2.05) is 43.3 Å². The minimum atomic E-state index is -0.811. The van der Waals surface area contributed by atoms with Gasteiger partial charge in [0.05, 0.1) is 12.7 Å². The third-order valence-electron chi connectivity index (χ3n) is 5.49. The van der Waals surface area contributed by atoms with Crippen LogP contribution in [-0.4, -0.2) is 28.9 Å². The number of esters is 1. The number of carboxylic acid groups (broad SMARTS) is 1. The quantitative estimate of drug-likeness (QED) is 0.456. The molecule has 3 rings (SSSR count). The number of halogens is 1. The number of carbonyl (C=O) groups is 2. The summed E-state index contributed by atoms with van der Waals surface area (Å²) in [4.78, 5) is 24.2. The Balaban J connectivity index is 1.87. The number of carboxylic acids is 1. The molecule has 0 radical (unpaired) electrons. The van der Waals surface area contributed by atoms with Crippen LogP contribution in [0.3, 0.4) is 0 Å². The molecule has 0 spiro atoms. The van der Waals surface area contributed by atoms with Gasteiger partial charge in [-0.3, -0.25) is 4.79 Å². The number of methoxy groups -OCH3 is 1. The Bertz CT molecular complexity index is 896. The van der Waals surface area contributed by atoms with Gasteiger partial charge < -0.3 is 9.84 Å². The molecule has 0 bridgehead atoms. The summed E-state index contributed by atoms with van der Waals surface area (Å²) in [5.41, 5.74) is 2.58. The van der Waals surface area contributed by atoms with Crippen LogP contribution in [0.5, 0.6) is 0 Å². The lowest BCUT2D eigenvalue weighted by molar-refractivity contribution is -0.140. The summed E-state index contributed by atoms with van der Waals surface area (Å²) in [5, 5.41) is 9.94. The van der Waals surface area contributed by atoms with Crippen LogP contribution in [0.25, 0.3) is 0 Å². The lowest BCUT2D eigenvalue weighted by atomic mass is 9.99. The maximum atomic E-state index is 12.1. The third kappa shape index (κ3) is 5.23. The predicted octanol–water partition coefficient (Wildman–Crippen LogP) is 5.90. The lowest BCUT2D eigenvalue weighted by Gasteiger charge is -2.30. The van der Waals surface area contributed by atoms with Crippen molar-refractivity contribution in [3.05, 3.63) is 69.7 Å². The smallest absolute Gasteiger partial charge is 0.338 e. The second kappa shape index (κ2) is 9.35. The van der Waals surface area contributed by atoms with Gasteiger partial charge >= 0.3 is 11.9 Å². The molecule has 4 nitrogen and oxygen atoms in total. The summed E-state index contributed by atoms with van der Waals surface area (Å²) < 4.78 is 5.07. The van der Waals surface area contributed by atoms with Gasteiger partial charge in [-0.05, 0) is 67.9 Å². The van der Waals surface area contributed by atoms with Crippen LogP contribution in [0.15, 0.2) is 53.0 Å². The maximum Gasteiger partial charge on any atom is 0.338 e. The van der Waals surface area contributed by atoms with Crippen LogP contribution < -0.4 is 0 Å². The third-order valence-corrected chi connectivity index (χ3v) is 7.77. The molecule has 0 saturated heterocycles. The molecular weight excluding hydrogens is 452 g/mol. The average molecular weight is 477 g/mol. The number of hydrogen-bond acceptors (Lipinski definition) is 4. The SMILES string of the molecule is COC(=O)c1ccccc1CCC(SC(C)(C(=O)O)C1CC1)c1cccc(Br)c1. The van der Waals surface area contributed by atoms with Gasteiger partial charge in [-0.1, -0.05) is 46.3 Å². The largest absolute Gasteiger partial charge is 0.480 e. The molecule has 154 valence electrons. The zero-order valence-electron chi connectivity index (χ0n) is 16.6. The fourth-order valence-corrected chi connectivity index (χ4v) is 5.64. The first-order valence-corrected chi connectivity index (χ1v) is 11.4. The molecule has 2 unspecified atom stereocenters. The Labute approximate surface area is 184 Å². The van der Waals surface area contributed by atoms with Crippen molar-refractivity contribution in [2.75, 3.05) is 7.11 Å². The van der Waals surface area contributed by atoms with Gasteiger partial charge in [0.2, 0.25) is 0 Å². The van der Waals surface area contributed by atoms with Crippen molar-refractivity contribution >= 4 is 39.6 Å². The van der Waals surface area contributed by atoms with E-state index in [0.29, 0.717) is 12.0 Å². The molecule has 2 atom stereocenters. The molecule has 1 N–H and O–H groups in total. The van der Waals surface area contributed by atoms with Gasteiger partial charge in [0.15, 0.2) is 0 Å². The minimum Gasteiger partial charge on any atom is -0.480 e. The topological polar surface area (TPSA) is 63.6 Å². The van der Waals surface area contributed by atoms with Crippen molar-refractivity contribution in [2.24, 2.45) is 5.92 Å². The van der Waals surface area contributed by atoms with Crippen LogP contribution >= 0.6 is 27.7 Å². The van der Waals surface area contributed by atoms with Crippen LogP contribution in [0.1, 0.15) is 52.9 Å². The summed E-state index contributed by atoms with van der Waals surface area (Å²) in [6.45, 7) is 1.85. The molecule has 1 saturated carbocycles. The summed E-state index contributed by atoms with van der Waals surface area (Å²) in [5.74, 6) is -0.887. The standard InChI is InChI=1S/C23H25BrO4S/c1-23(22(26)27,17-11-12-17)29-20(16-7-5-8-18(24)14-16)13-10-15-6-3-4-9-19(15)21(25)28-2/h3-9,14,17,20H,10-13H2,1-2H3,(H,26,27). The van der Waals surface area contributed by atoms with Crippen LogP contribution in [0.4, 0.5) is 0 Å². The highest BCUT2D eigenvalue weighted by Crippen LogP contribution is 2.53. The van der Waals surface area contributed by atoms with Gasteiger partial charge in [-0.25, -0.2) is 4.79 Å². The number of aryl methyl sites for hydroxylation is 1. The molecule has 1 fully saturated rings. The Hall–Kier alpha value is -1.79. The minimum absolute atomic E-state index is 0.0000898. The Kier molecular flexibility index (Phi) is 7.06. The van der Waals surface area contributed by atoms with E-state index >= 15 is 0 Å². The summed E-state index contributed by atoms with van der Waals surface area (Å²) in [7, 11) is 1.38. The number of ether oxygens (including phenoxy) is 1. The monoisotopic (exact) mass is 476 g/mol. The molecule has 1 aliphatic carbocycles. The van der Waals surface area contributed by atoms with Crippen molar-refractivity contribution < 1.29 is 19.4 Å². The van der Waals surface area contributed by atoms with Crippen molar-refractivity contribution in [1.82, 2.24) is 0 Å². The number of carbonyl (C=O) groups excluding carboxylic acids is 1. The van der Waals surface area contributed by atoms with E-state index < -0.39 is 10.7 Å². The fraction of sp³-hybridized carbons (Fsp3) is 0.391. The van der Waals surface area contributed by atoms with E-state index in [9.17, 15) is 14.7 Å². The molecule has 6 heteroatoms. The molecule has 2 aromatic carbocycles. The van der Waals surface area contributed by atoms with Gasteiger partial charge in [-0.15, -0.1) is 11.8 Å². The molecule has 1 aliphatic rings. The molecule has 0 heterocycles. The fourth-order valence-electron chi connectivity index (χ4n) is 3.59. The zero-order chi connectivity index (χ0) is 21.0. The van der Waals surface area contributed by atoms with Gasteiger partial charge in [0.25, 0.3) is 0 Å². The zero-order valence-corrected chi connectivity index (χ0v) is 19.0. The first kappa shape index (κ1) is 21.9. The van der Waals surface area contributed by atoms with E-state index in [4.69, 9.17) is 4.74 Å². The number of aliphatic carboxylic acids is 1. The molecule has 2 aromatic rings. The summed E-state index contributed by atoms with van der Waals surface area (Å²) in [6, 6.07) is 15.5. The van der Waals surface area contributed by atoms with E-state index in [0.717, 1.165) is 34.9 Å². The number of rotatable bonds is 9. The normalized spacial score (nSPS) is 16.7.